The molecule has 0 unspecified atom stereocenters. The van der Waals surface area contributed by atoms with Gasteiger partial charge in [0.15, 0.2) is 0 Å². The zero-order chi connectivity index (χ0) is 20.3. The third kappa shape index (κ3) is 4.23. The average molecular weight is 379 g/mol. The first-order chi connectivity index (χ1) is 13.4. The van der Waals surface area contributed by atoms with E-state index < -0.39 is 5.97 Å². The zero-order valence-corrected chi connectivity index (χ0v) is 16.6. The van der Waals surface area contributed by atoms with E-state index in [1.54, 1.807) is 25.1 Å². The van der Waals surface area contributed by atoms with Crippen LogP contribution in [0.2, 0.25) is 0 Å². The minimum Gasteiger partial charge on any atom is -0.462 e. The van der Waals surface area contributed by atoms with Crippen LogP contribution in [-0.2, 0) is 16.1 Å². The molecule has 0 fully saturated rings. The van der Waals surface area contributed by atoms with E-state index in [1.165, 1.54) is 5.56 Å². The van der Waals surface area contributed by atoms with Crippen molar-refractivity contribution in [1.29, 1.82) is 0 Å². The number of hydrogen-bond acceptors (Lipinski definition) is 5. The van der Waals surface area contributed by atoms with Crippen molar-refractivity contribution in [3.8, 4) is 0 Å². The number of rotatable bonds is 6. The largest absolute Gasteiger partial charge is 0.462 e. The van der Waals surface area contributed by atoms with Crippen LogP contribution in [0.25, 0.3) is 5.57 Å². The minimum atomic E-state index is -0.398. The van der Waals surface area contributed by atoms with Gasteiger partial charge in [-0.05, 0) is 57.8 Å². The Balaban J connectivity index is 1.84. The molecular weight excluding hydrogens is 354 g/mol. The summed E-state index contributed by atoms with van der Waals surface area (Å²) in [7, 11) is 4.06. The van der Waals surface area contributed by atoms with Gasteiger partial charge in [-0.25, -0.2) is 4.79 Å². The first-order valence-corrected chi connectivity index (χ1v) is 9.23. The highest BCUT2D eigenvalue weighted by Crippen LogP contribution is 2.35. The summed E-state index contributed by atoms with van der Waals surface area (Å²) in [4.78, 5) is 26.5. The standard InChI is InChI=1S/C22H25N3O3/c1-5-28-22(27)16-8-11-18-19(12-16)24-21(26)20(18)14(2)23-17-9-6-15(7-10-17)13-25(3)4/h6-12,23H,5,13H2,1-4H3,(H,24,26)/b20-14-. The van der Waals surface area contributed by atoms with Crippen molar-refractivity contribution < 1.29 is 14.3 Å². The van der Waals surface area contributed by atoms with Gasteiger partial charge in [0.05, 0.1) is 23.4 Å². The number of carbonyl (C=O) groups is 2. The van der Waals surface area contributed by atoms with Crippen molar-refractivity contribution in [3.05, 3.63) is 64.9 Å². The minimum absolute atomic E-state index is 0.190. The molecule has 2 aromatic carbocycles. The Labute approximate surface area is 165 Å². The molecule has 146 valence electrons. The van der Waals surface area contributed by atoms with Gasteiger partial charge in [-0.3, -0.25) is 4.79 Å². The lowest BCUT2D eigenvalue weighted by atomic mass is 10.0. The molecular formula is C22H25N3O3. The smallest absolute Gasteiger partial charge is 0.338 e. The molecule has 0 aliphatic carbocycles. The molecule has 6 heteroatoms. The van der Waals surface area contributed by atoms with E-state index in [-0.39, 0.29) is 5.91 Å². The normalized spacial score (nSPS) is 14.5. The number of benzene rings is 2. The molecule has 1 heterocycles. The maximum atomic E-state index is 12.5. The number of hydrogen-bond donors (Lipinski definition) is 2. The second kappa shape index (κ2) is 8.27. The fourth-order valence-corrected chi connectivity index (χ4v) is 3.22. The number of amides is 1. The van der Waals surface area contributed by atoms with Crippen LogP contribution in [0.4, 0.5) is 11.4 Å². The van der Waals surface area contributed by atoms with Crippen LogP contribution in [-0.4, -0.2) is 37.5 Å². The van der Waals surface area contributed by atoms with Crippen LogP contribution in [0, 0.1) is 0 Å². The maximum Gasteiger partial charge on any atom is 0.338 e. The third-order valence-electron chi connectivity index (χ3n) is 4.43. The number of anilines is 2. The Kier molecular flexibility index (Phi) is 5.80. The van der Waals surface area contributed by atoms with Crippen molar-refractivity contribution in [2.75, 3.05) is 31.3 Å². The van der Waals surface area contributed by atoms with Crippen molar-refractivity contribution in [2.45, 2.75) is 20.4 Å². The van der Waals surface area contributed by atoms with Gasteiger partial charge in [-0.2, -0.15) is 0 Å². The molecule has 0 radical (unpaired) electrons. The van der Waals surface area contributed by atoms with Crippen LogP contribution < -0.4 is 10.6 Å². The Hall–Kier alpha value is -3.12. The first-order valence-electron chi connectivity index (χ1n) is 9.23. The van der Waals surface area contributed by atoms with Crippen LogP contribution >= 0.6 is 0 Å². The Morgan fingerprint density at radius 1 is 1.14 bits per heavy atom. The quantitative estimate of drug-likeness (QED) is 0.591. The summed E-state index contributed by atoms with van der Waals surface area (Å²) in [5.41, 5.74) is 5.26. The molecule has 6 nitrogen and oxygen atoms in total. The number of carbonyl (C=O) groups excluding carboxylic acids is 2. The van der Waals surface area contributed by atoms with E-state index in [0.29, 0.717) is 23.4 Å². The zero-order valence-electron chi connectivity index (χ0n) is 16.6. The highest BCUT2D eigenvalue weighted by Gasteiger charge is 2.27. The third-order valence-corrected chi connectivity index (χ3v) is 4.43. The molecule has 1 aliphatic rings. The van der Waals surface area contributed by atoms with Gasteiger partial charge in [-0.15, -0.1) is 0 Å². The summed E-state index contributed by atoms with van der Waals surface area (Å²) in [6.45, 7) is 4.82. The van der Waals surface area contributed by atoms with E-state index in [2.05, 4.69) is 27.7 Å². The molecule has 0 saturated heterocycles. The second-order valence-electron chi connectivity index (χ2n) is 6.99. The summed E-state index contributed by atoms with van der Waals surface area (Å²) >= 11 is 0. The van der Waals surface area contributed by atoms with E-state index in [4.69, 9.17) is 4.74 Å². The summed E-state index contributed by atoms with van der Waals surface area (Å²) < 4.78 is 5.02. The number of allylic oxidation sites excluding steroid dienone is 1. The van der Waals surface area contributed by atoms with Crippen LogP contribution in [0.5, 0.6) is 0 Å². The number of fused-ring (bicyclic) bond motifs is 1. The lowest BCUT2D eigenvalue weighted by molar-refractivity contribution is -0.110. The van der Waals surface area contributed by atoms with E-state index >= 15 is 0 Å². The van der Waals surface area contributed by atoms with Gasteiger partial charge >= 0.3 is 5.97 Å². The Morgan fingerprint density at radius 2 is 1.86 bits per heavy atom. The summed E-state index contributed by atoms with van der Waals surface area (Å²) in [5.74, 6) is -0.588. The fraction of sp³-hybridized carbons (Fsp3) is 0.273. The molecule has 2 aromatic rings. The molecule has 1 aliphatic heterocycles. The van der Waals surface area contributed by atoms with Gasteiger partial charge in [0.1, 0.15) is 0 Å². The van der Waals surface area contributed by atoms with Gasteiger partial charge in [-0.1, -0.05) is 18.2 Å². The topological polar surface area (TPSA) is 70.7 Å². The van der Waals surface area contributed by atoms with Crippen molar-refractivity contribution >= 4 is 28.8 Å². The number of nitrogens with one attached hydrogen (secondary N) is 2. The molecule has 0 saturated carbocycles. The monoisotopic (exact) mass is 379 g/mol. The predicted octanol–water partition coefficient (Wildman–Crippen LogP) is 3.72. The van der Waals surface area contributed by atoms with E-state index in [9.17, 15) is 9.59 Å². The van der Waals surface area contributed by atoms with Gasteiger partial charge < -0.3 is 20.3 Å². The summed E-state index contributed by atoms with van der Waals surface area (Å²) in [6, 6.07) is 13.2. The molecule has 0 spiro atoms. The van der Waals surface area contributed by atoms with Gasteiger partial charge in [0, 0.05) is 23.5 Å². The first kappa shape index (κ1) is 19.6. The second-order valence-corrected chi connectivity index (χ2v) is 6.99. The molecule has 2 N–H and O–H groups in total. The average Bonchev–Trinajstić information content (AvgIpc) is 2.98. The molecule has 0 bridgehead atoms. The van der Waals surface area contributed by atoms with Crippen LogP contribution in [0.15, 0.2) is 48.2 Å². The van der Waals surface area contributed by atoms with Crippen LogP contribution in [0.1, 0.15) is 35.3 Å². The lowest BCUT2D eigenvalue weighted by Crippen LogP contribution is -2.11. The molecule has 0 aromatic heterocycles. The number of ether oxygens (including phenoxy) is 1. The fourth-order valence-electron chi connectivity index (χ4n) is 3.22. The van der Waals surface area contributed by atoms with E-state index in [1.807, 2.05) is 33.2 Å². The number of nitrogens with zero attached hydrogens (tertiary/aromatic N) is 1. The Morgan fingerprint density at radius 3 is 2.50 bits per heavy atom. The van der Waals surface area contributed by atoms with Crippen molar-refractivity contribution in [3.63, 3.8) is 0 Å². The van der Waals surface area contributed by atoms with E-state index in [0.717, 1.165) is 23.5 Å². The molecule has 1 amide bonds. The SMILES string of the molecule is CCOC(=O)c1ccc2c(c1)NC(=O)/C2=C(/C)Nc1ccc(CN(C)C)cc1. The van der Waals surface area contributed by atoms with Gasteiger partial charge in [0.2, 0.25) is 0 Å². The molecule has 28 heavy (non-hydrogen) atoms. The van der Waals surface area contributed by atoms with Crippen LogP contribution in [0.3, 0.4) is 0 Å². The maximum absolute atomic E-state index is 12.5. The summed E-state index contributed by atoms with van der Waals surface area (Å²) in [5, 5.41) is 6.14. The predicted molar refractivity (Wildman–Crippen MR) is 111 cm³/mol. The highest BCUT2D eigenvalue weighted by atomic mass is 16.5. The number of esters is 1. The highest BCUT2D eigenvalue weighted by molar-refractivity contribution is 6.32. The molecule has 3 rings (SSSR count). The van der Waals surface area contributed by atoms with Crippen molar-refractivity contribution in [1.82, 2.24) is 4.90 Å². The summed E-state index contributed by atoms with van der Waals surface area (Å²) in [6.07, 6.45) is 0. The van der Waals surface area contributed by atoms with Crippen molar-refractivity contribution in [2.24, 2.45) is 0 Å². The lowest BCUT2D eigenvalue weighted by Gasteiger charge is -2.12. The Bertz CT molecular complexity index is 931. The van der Waals surface area contributed by atoms with Gasteiger partial charge in [0.25, 0.3) is 5.91 Å². The molecule has 0 atom stereocenters.